The third-order valence-corrected chi connectivity index (χ3v) is 2.68. The van der Waals surface area contributed by atoms with Gasteiger partial charge in [0.25, 0.3) is 0 Å². The fourth-order valence-corrected chi connectivity index (χ4v) is 1.88. The van der Waals surface area contributed by atoms with Crippen LogP contribution in [0.1, 0.15) is 12.8 Å². The maximum atomic E-state index is 10.6. The van der Waals surface area contributed by atoms with Crippen LogP contribution in [0.2, 0.25) is 0 Å². The summed E-state index contributed by atoms with van der Waals surface area (Å²) >= 11 is 0. The first-order valence-electron chi connectivity index (χ1n) is 5.75. The number of carbonyl (C=O) groups excluding carboxylic acids is 1. The molecule has 0 aliphatic carbocycles. The van der Waals surface area contributed by atoms with Crippen LogP contribution in [0, 0.1) is 0 Å². The van der Waals surface area contributed by atoms with Crippen LogP contribution in [0.3, 0.4) is 0 Å². The van der Waals surface area contributed by atoms with Crippen molar-refractivity contribution in [3.05, 3.63) is 24.3 Å². The predicted molar refractivity (Wildman–Crippen MR) is 67.1 cm³/mol. The molecule has 1 aliphatic rings. The average molecular weight is 235 g/mol. The summed E-state index contributed by atoms with van der Waals surface area (Å²) in [6.45, 7) is 1.61. The molecule has 0 spiro atoms. The number of benzene rings is 1. The van der Waals surface area contributed by atoms with Gasteiger partial charge in [-0.1, -0.05) is 0 Å². The number of nitrogens with one attached hydrogen (secondary N) is 2. The number of hydrogen-bond donors (Lipinski definition) is 3. The van der Waals surface area contributed by atoms with Gasteiger partial charge in [-0.15, -0.1) is 0 Å². The van der Waals surface area contributed by atoms with Crippen molar-refractivity contribution in [2.45, 2.75) is 18.9 Å². The zero-order valence-electron chi connectivity index (χ0n) is 9.61. The van der Waals surface area contributed by atoms with E-state index in [9.17, 15) is 4.79 Å². The summed E-state index contributed by atoms with van der Waals surface area (Å²) in [6, 6.07) is 7.29. The Kier molecular flexibility index (Phi) is 3.82. The van der Waals surface area contributed by atoms with E-state index in [0.29, 0.717) is 11.7 Å². The SMILES string of the molecule is NC(=O)Nc1ccc(NC2CCCOC2)cc1. The van der Waals surface area contributed by atoms with Gasteiger partial charge in [-0.25, -0.2) is 4.79 Å². The highest BCUT2D eigenvalue weighted by Gasteiger charge is 2.12. The summed E-state index contributed by atoms with van der Waals surface area (Å²) in [7, 11) is 0. The quantitative estimate of drug-likeness (QED) is 0.747. The first-order chi connectivity index (χ1) is 8.24. The fourth-order valence-electron chi connectivity index (χ4n) is 1.88. The molecule has 1 saturated heterocycles. The van der Waals surface area contributed by atoms with E-state index in [-0.39, 0.29) is 0 Å². The van der Waals surface area contributed by atoms with Gasteiger partial charge in [-0.2, -0.15) is 0 Å². The summed E-state index contributed by atoms with van der Waals surface area (Å²) in [6.07, 6.45) is 2.22. The zero-order valence-corrected chi connectivity index (χ0v) is 9.61. The van der Waals surface area contributed by atoms with E-state index in [1.54, 1.807) is 0 Å². The molecule has 17 heavy (non-hydrogen) atoms. The fraction of sp³-hybridized carbons (Fsp3) is 0.417. The normalized spacial score (nSPS) is 19.6. The van der Waals surface area contributed by atoms with Gasteiger partial charge >= 0.3 is 6.03 Å². The smallest absolute Gasteiger partial charge is 0.316 e. The Morgan fingerprint density at radius 1 is 1.29 bits per heavy atom. The highest BCUT2D eigenvalue weighted by Crippen LogP contribution is 2.17. The molecule has 1 atom stereocenters. The second kappa shape index (κ2) is 5.54. The van der Waals surface area contributed by atoms with E-state index in [2.05, 4.69) is 10.6 Å². The Morgan fingerprint density at radius 3 is 2.59 bits per heavy atom. The van der Waals surface area contributed by atoms with Crippen molar-refractivity contribution in [2.24, 2.45) is 5.73 Å². The van der Waals surface area contributed by atoms with Crippen molar-refractivity contribution in [3.63, 3.8) is 0 Å². The summed E-state index contributed by atoms with van der Waals surface area (Å²) in [5.74, 6) is 0. The van der Waals surface area contributed by atoms with Crippen molar-refractivity contribution in [1.29, 1.82) is 0 Å². The molecule has 5 heteroatoms. The Labute approximate surface area is 100 Å². The van der Waals surface area contributed by atoms with Gasteiger partial charge in [-0.05, 0) is 37.1 Å². The van der Waals surface area contributed by atoms with Crippen molar-refractivity contribution < 1.29 is 9.53 Å². The topological polar surface area (TPSA) is 76.4 Å². The number of carbonyl (C=O) groups is 1. The summed E-state index contributed by atoms with van der Waals surface area (Å²) in [4.78, 5) is 10.6. The molecule has 2 amide bonds. The van der Waals surface area contributed by atoms with Gasteiger partial charge in [0.15, 0.2) is 0 Å². The first-order valence-corrected chi connectivity index (χ1v) is 5.75. The molecule has 1 aromatic carbocycles. The van der Waals surface area contributed by atoms with E-state index in [1.165, 1.54) is 0 Å². The third kappa shape index (κ3) is 3.64. The van der Waals surface area contributed by atoms with Crippen LogP contribution in [-0.4, -0.2) is 25.3 Å². The Bertz CT molecular complexity index is 372. The van der Waals surface area contributed by atoms with Crippen LogP contribution < -0.4 is 16.4 Å². The maximum absolute atomic E-state index is 10.6. The van der Waals surface area contributed by atoms with Crippen LogP contribution in [0.15, 0.2) is 24.3 Å². The number of amides is 2. The minimum atomic E-state index is -0.550. The lowest BCUT2D eigenvalue weighted by Gasteiger charge is -2.24. The van der Waals surface area contributed by atoms with E-state index >= 15 is 0 Å². The van der Waals surface area contributed by atoms with Gasteiger partial charge in [0.05, 0.1) is 6.61 Å². The van der Waals surface area contributed by atoms with Gasteiger partial charge in [0.1, 0.15) is 0 Å². The number of primary amides is 1. The maximum Gasteiger partial charge on any atom is 0.316 e. The van der Waals surface area contributed by atoms with Crippen molar-refractivity contribution in [2.75, 3.05) is 23.8 Å². The van der Waals surface area contributed by atoms with E-state index in [1.807, 2.05) is 24.3 Å². The molecule has 1 heterocycles. The Balaban J connectivity index is 1.90. The summed E-state index contributed by atoms with van der Waals surface area (Å²) < 4.78 is 5.39. The Morgan fingerprint density at radius 2 is 2.00 bits per heavy atom. The first kappa shape index (κ1) is 11.7. The molecule has 1 aromatic rings. The number of urea groups is 1. The van der Waals surface area contributed by atoms with Gasteiger partial charge in [0, 0.05) is 24.0 Å². The molecule has 1 unspecified atom stereocenters. The lowest BCUT2D eigenvalue weighted by atomic mass is 10.1. The Hall–Kier alpha value is -1.75. The largest absolute Gasteiger partial charge is 0.380 e. The van der Waals surface area contributed by atoms with Crippen LogP contribution in [0.4, 0.5) is 16.2 Å². The number of anilines is 2. The molecule has 5 nitrogen and oxygen atoms in total. The average Bonchev–Trinajstić information content (AvgIpc) is 2.32. The second-order valence-electron chi connectivity index (χ2n) is 4.13. The predicted octanol–water partition coefficient (Wildman–Crippen LogP) is 1.77. The summed E-state index contributed by atoms with van der Waals surface area (Å²) in [5, 5.41) is 5.91. The van der Waals surface area contributed by atoms with Gasteiger partial charge in [-0.3, -0.25) is 0 Å². The second-order valence-corrected chi connectivity index (χ2v) is 4.13. The van der Waals surface area contributed by atoms with E-state index < -0.39 is 6.03 Å². The molecule has 0 aromatic heterocycles. The highest BCUT2D eigenvalue weighted by molar-refractivity contribution is 5.87. The monoisotopic (exact) mass is 235 g/mol. The molecule has 1 fully saturated rings. The molecule has 0 radical (unpaired) electrons. The lowest BCUT2D eigenvalue weighted by molar-refractivity contribution is 0.0876. The zero-order chi connectivity index (χ0) is 12.1. The van der Waals surface area contributed by atoms with Crippen molar-refractivity contribution in [1.82, 2.24) is 0 Å². The molecule has 2 rings (SSSR count). The lowest BCUT2D eigenvalue weighted by Crippen LogP contribution is -2.29. The standard InChI is InChI=1S/C12H17N3O2/c13-12(16)15-10-5-3-9(4-6-10)14-11-2-1-7-17-8-11/h3-6,11,14H,1-2,7-8H2,(H3,13,15,16). The molecular formula is C12H17N3O2. The van der Waals surface area contributed by atoms with Crippen LogP contribution >= 0.6 is 0 Å². The van der Waals surface area contributed by atoms with Crippen molar-refractivity contribution >= 4 is 17.4 Å². The summed E-state index contributed by atoms with van der Waals surface area (Å²) in [5.41, 5.74) is 6.75. The molecule has 0 saturated carbocycles. The molecule has 1 aliphatic heterocycles. The van der Waals surface area contributed by atoms with Crippen molar-refractivity contribution in [3.8, 4) is 0 Å². The number of ether oxygens (including phenoxy) is 1. The number of nitrogens with two attached hydrogens (primary N) is 1. The molecule has 92 valence electrons. The molecule has 0 bridgehead atoms. The van der Waals surface area contributed by atoms with Crippen LogP contribution in [0.25, 0.3) is 0 Å². The van der Waals surface area contributed by atoms with Crippen LogP contribution in [-0.2, 0) is 4.74 Å². The minimum Gasteiger partial charge on any atom is -0.380 e. The van der Waals surface area contributed by atoms with Crippen LogP contribution in [0.5, 0.6) is 0 Å². The van der Waals surface area contributed by atoms with Gasteiger partial charge in [0.2, 0.25) is 0 Å². The highest BCUT2D eigenvalue weighted by atomic mass is 16.5. The third-order valence-electron chi connectivity index (χ3n) is 2.68. The molecule has 4 N–H and O–H groups in total. The van der Waals surface area contributed by atoms with E-state index in [0.717, 1.165) is 31.7 Å². The number of hydrogen-bond acceptors (Lipinski definition) is 3. The van der Waals surface area contributed by atoms with Gasteiger partial charge < -0.3 is 21.1 Å². The minimum absolute atomic E-state index is 0.374. The number of rotatable bonds is 3. The van der Waals surface area contributed by atoms with E-state index in [4.69, 9.17) is 10.5 Å². The molecular weight excluding hydrogens is 218 g/mol.